The van der Waals surface area contributed by atoms with Crippen LogP contribution in [0.5, 0.6) is 0 Å². The summed E-state index contributed by atoms with van der Waals surface area (Å²) in [7, 11) is 0. The van der Waals surface area contributed by atoms with Gasteiger partial charge in [0, 0.05) is 17.4 Å². The van der Waals surface area contributed by atoms with E-state index < -0.39 is 0 Å². The van der Waals surface area contributed by atoms with E-state index in [9.17, 15) is 4.79 Å². The molecule has 2 rings (SSSR count). The molecule has 1 aliphatic carbocycles. The third-order valence-corrected chi connectivity index (χ3v) is 5.03. The first-order valence-electron chi connectivity index (χ1n) is 7.16. The third-order valence-electron chi connectivity index (χ3n) is 5.03. The van der Waals surface area contributed by atoms with Gasteiger partial charge in [-0.25, -0.2) is 0 Å². The van der Waals surface area contributed by atoms with Crippen LogP contribution in [0.15, 0.2) is 0 Å². The van der Waals surface area contributed by atoms with Crippen LogP contribution in [-0.4, -0.2) is 11.4 Å². The van der Waals surface area contributed by atoms with Crippen molar-refractivity contribution in [2.24, 2.45) is 17.3 Å². The first-order chi connectivity index (χ1) is 7.85. The predicted molar refractivity (Wildman–Crippen MR) is 70.7 cm³/mol. The van der Waals surface area contributed by atoms with Gasteiger partial charge in [0.1, 0.15) is 0 Å². The van der Waals surface area contributed by atoms with Gasteiger partial charge in [-0.2, -0.15) is 0 Å². The largest absolute Gasteiger partial charge is 0.351 e. The number of carbonyl (C=O) groups is 1. The van der Waals surface area contributed by atoms with Gasteiger partial charge in [-0.3, -0.25) is 4.79 Å². The monoisotopic (exact) mass is 237 g/mol. The van der Waals surface area contributed by atoms with Crippen LogP contribution in [0.4, 0.5) is 0 Å². The minimum Gasteiger partial charge on any atom is -0.351 e. The van der Waals surface area contributed by atoms with Crippen LogP contribution in [0.3, 0.4) is 0 Å². The second kappa shape index (κ2) is 4.29. The van der Waals surface area contributed by atoms with Gasteiger partial charge in [0.25, 0.3) is 0 Å². The lowest BCUT2D eigenvalue weighted by Crippen LogP contribution is -2.49. The van der Waals surface area contributed by atoms with Gasteiger partial charge in [-0.05, 0) is 44.9 Å². The second-order valence-electron chi connectivity index (χ2n) is 7.22. The van der Waals surface area contributed by atoms with Gasteiger partial charge < -0.3 is 5.32 Å². The van der Waals surface area contributed by atoms with Crippen molar-refractivity contribution in [3.8, 4) is 0 Å². The smallest absolute Gasteiger partial charge is 0.221 e. The van der Waals surface area contributed by atoms with Crippen LogP contribution in [-0.2, 0) is 4.79 Å². The molecule has 1 saturated carbocycles. The molecular formula is C15H27NO. The molecule has 0 bridgehead atoms. The Kier molecular flexibility index (Phi) is 3.26. The first-order valence-corrected chi connectivity index (χ1v) is 7.16. The summed E-state index contributed by atoms with van der Waals surface area (Å²) in [6, 6.07) is 0. The molecule has 1 aliphatic heterocycles. The lowest BCUT2D eigenvalue weighted by Gasteiger charge is -2.46. The number of nitrogens with one attached hydrogen (secondary N) is 1. The second-order valence-corrected chi connectivity index (χ2v) is 7.22. The molecule has 0 aromatic carbocycles. The van der Waals surface area contributed by atoms with E-state index in [4.69, 9.17) is 0 Å². The van der Waals surface area contributed by atoms with Gasteiger partial charge in [-0.1, -0.05) is 26.7 Å². The summed E-state index contributed by atoms with van der Waals surface area (Å²) >= 11 is 0. The van der Waals surface area contributed by atoms with Gasteiger partial charge in [0.05, 0.1) is 0 Å². The fraction of sp³-hybridized carbons (Fsp3) is 0.933. The molecular weight excluding hydrogens is 210 g/mol. The van der Waals surface area contributed by atoms with Gasteiger partial charge in [-0.15, -0.1) is 0 Å². The molecule has 1 heterocycles. The maximum atomic E-state index is 11.7. The molecule has 2 aliphatic rings. The van der Waals surface area contributed by atoms with Crippen molar-refractivity contribution in [3.05, 3.63) is 0 Å². The van der Waals surface area contributed by atoms with Crippen LogP contribution in [0.25, 0.3) is 0 Å². The summed E-state index contributed by atoms with van der Waals surface area (Å²) in [5.41, 5.74) is 0.238. The van der Waals surface area contributed by atoms with Gasteiger partial charge in [0.2, 0.25) is 5.91 Å². The minimum absolute atomic E-state index is 0.000265. The Hall–Kier alpha value is -0.530. The standard InChI is InChI=1S/C15H27NO/c1-11(2)8-12-6-5-7-15(9-12)10-13(17)16-14(15,3)4/h11-12H,5-10H2,1-4H3,(H,16,17). The van der Waals surface area contributed by atoms with Crippen LogP contribution in [0, 0.1) is 17.3 Å². The van der Waals surface area contributed by atoms with E-state index in [1.807, 2.05) is 0 Å². The van der Waals surface area contributed by atoms with Crippen molar-refractivity contribution in [1.82, 2.24) is 5.32 Å². The van der Waals surface area contributed by atoms with E-state index in [0.29, 0.717) is 0 Å². The van der Waals surface area contributed by atoms with Crippen molar-refractivity contribution in [2.45, 2.75) is 71.8 Å². The van der Waals surface area contributed by atoms with Gasteiger partial charge >= 0.3 is 0 Å². The zero-order chi connectivity index (χ0) is 12.7. The fourth-order valence-electron chi connectivity index (χ4n) is 4.14. The summed E-state index contributed by atoms with van der Waals surface area (Å²) in [4.78, 5) is 11.7. The van der Waals surface area contributed by atoms with E-state index >= 15 is 0 Å². The predicted octanol–water partition coefficient (Wildman–Crippen LogP) is 3.51. The molecule has 1 amide bonds. The topological polar surface area (TPSA) is 29.1 Å². The molecule has 98 valence electrons. The highest BCUT2D eigenvalue weighted by molar-refractivity contribution is 5.80. The van der Waals surface area contributed by atoms with E-state index in [-0.39, 0.29) is 16.9 Å². The molecule has 1 spiro atoms. The summed E-state index contributed by atoms with van der Waals surface area (Å²) in [6.07, 6.45) is 7.23. The van der Waals surface area contributed by atoms with Crippen LogP contribution < -0.4 is 5.32 Å². The molecule has 2 heteroatoms. The molecule has 2 unspecified atom stereocenters. The lowest BCUT2D eigenvalue weighted by molar-refractivity contribution is -0.120. The number of amides is 1. The maximum absolute atomic E-state index is 11.7. The highest BCUT2D eigenvalue weighted by Crippen LogP contribution is 2.53. The number of rotatable bonds is 2. The molecule has 17 heavy (non-hydrogen) atoms. The third kappa shape index (κ3) is 2.36. The number of hydrogen-bond donors (Lipinski definition) is 1. The Morgan fingerprint density at radius 3 is 2.65 bits per heavy atom. The zero-order valence-electron chi connectivity index (χ0n) is 11.8. The molecule has 2 atom stereocenters. The van der Waals surface area contributed by atoms with Crippen LogP contribution in [0.2, 0.25) is 0 Å². The summed E-state index contributed by atoms with van der Waals surface area (Å²) in [5, 5.41) is 3.19. The molecule has 0 aromatic rings. The van der Waals surface area contributed by atoms with Crippen molar-refractivity contribution in [2.75, 3.05) is 0 Å². The molecule has 2 fully saturated rings. The number of carbonyl (C=O) groups excluding carboxylic acids is 1. The average Bonchev–Trinajstić information content (AvgIpc) is 2.34. The van der Waals surface area contributed by atoms with E-state index in [1.165, 1.54) is 32.1 Å². The van der Waals surface area contributed by atoms with Gasteiger partial charge in [0.15, 0.2) is 0 Å². The summed E-state index contributed by atoms with van der Waals surface area (Å²) < 4.78 is 0. The van der Waals surface area contributed by atoms with Crippen molar-refractivity contribution >= 4 is 5.91 Å². The molecule has 1 saturated heterocycles. The van der Waals surface area contributed by atoms with E-state index in [0.717, 1.165) is 18.3 Å². The lowest BCUT2D eigenvalue weighted by atomic mass is 9.60. The Bertz CT molecular complexity index is 308. The van der Waals surface area contributed by atoms with Crippen molar-refractivity contribution in [3.63, 3.8) is 0 Å². The molecule has 2 nitrogen and oxygen atoms in total. The molecule has 1 N–H and O–H groups in total. The minimum atomic E-state index is -0.000265. The fourth-order valence-corrected chi connectivity index (χ4v) is 4.14. The number of hydrogen-bond acceptors (Lipinski definition) is 1. The molecule has 0 aromatic heterocycles. The Balaban J connectivity index is 2.12. The first kappa shape index (κ1) is 12.9. The highest BCUT2D eigenvalue weighted by Gasteiger charge is 2.53. The zero-order valence-corrected chi connectivity index (χ0v) is 11.8. The highest BCUT2D eigenvalue weighted by atomic mass is 16.2. The molecule has 0 radical (unpaired) electrons. The van der Waals surface area contributed by atoms with Crippen molar-refractivity contribution < 1.29 is 4.79 Å². The normalized spacial score (nSPS) is 36.5. The van der Waals surface area contributed by atoms with E-state index in [2.05, 4.69) is 33.0 Å². The van der Waals surface area contributed by atoms with Crippen LogP contribution in [0.1, 0.15) is 66.2 Å². The van der Waals surface area contributed by atoms with Crippen molar-refractivity contribution in [1.29, 1.82) is 0 Å². The Labute approximate surface area is 106 Å². The summed E-state index contributed by atoms with van der Waals surface area (Å²) in [5.74, 6) is 1.87. The average molecular weight is 237 g/mol. The maximum Gasteiger partial charge on any atom is 0.221 e. The Morgan fingerprint density at radius 1 is 1.41 bits per heavy atom. The van der Waals surface area contributed by atoms with E-state index in [1.54, 1.807) is 0 Å². The summed E-state index contributed by atoms with van der Waals surface area (Å²) in [6.45, 7) is 9.06. The Morgan fingerprint density at radius 2 is 2.12 bits per heavy atom. The quantitative estimate of drug-likeness (QED) is 0.782. The SMILES string of the molecule is CC(C)CC1CCCC2(CC(=O)NC2(C)C)C1. The van der Waals surface area contributed by atoms with Crippen LogP contribution >= 0.6 is 0 Å².